The molecular weight excluding hydrogens is 302 g/mol. The predicted octanol–water partition coefficient (Wildman–Crippen LogP) is 1.92. The van der Waals surface area contributed by atoms with E-state index in [9.17, 15) is 0 Å². The normalized spacial score (nSPS) is 17.9. The van der Waals surface area contributed by atoms with E-state index >= 15 is 0 Å². The lowest BCUT2D eigenvalue weighted by Crippen LogP contribution is -2.41. The van der Waals surface area contributed by atoms with Crippen LogP contribution in [-0.2, 0) is 11.3 Å². The SMILES string of the molecule is CN=C(NCc1ccn(-c2ccccc2)n1)N(C)CC1CCOC1. The Morgan fingerprint density at radius 1 is 1.38 bits per heavy atom. The van der Waals surface area contributed by atoms with Gasteiger partial charge in [-0.25, -0.2) is 4.68 Å². The Labute approximate surface area is 143 Å². The molecule has 0 bridgehead atoms. The lowest BCUT2D eigenvalue weighted by molar-refractivity contribution is 0.181. The third kappa shape index (κ3) is 4.14. The van der Waals surface area contributed by atoms with E-state index < -0.39 is 0 Å². The van der Waals surface area contributed by atoms with Crippen LogP contribution in [0.5, 0.6) is 0 Å². The van der Waals surface area contributed by atoms with Gasteiger partial charge in [-0.05, 0) is 24.6 Å². The van der Waals surface area contributed by atoms with Crippen molar-refractivity contribution in [2.24, 2.45) is 10.9 Å². The Kier molecular flexibility index (Phi) is 5.48. The molecule has 1 N–H and O–H groups in total. The number of hydrogen-bond acceptors (Lipinski definition) is 3. The van der Waals surface area contributed by atoms with Crippen LogP contribution in [0.2, 0.25) is 0 Å². The zero-order chi connectivity index (χ0) is 16.8. The summed E-state index contributed by atoms with van der Waals surface area (Å²) in [4.78, 5) is 6.53. The summed E-state index contributed by atoms with van der Waals surface area (Å²) in [6.07, 6.45) is 3.11. The van der Waals surface area contributed by atoms with E-state index in [0.29, 0.717) is 12.5 Å². The summed E-state index contributed by atoms with van der Waals surface area (Å²) in [5.41, 5.74) is 2.05. The third-order valence-corrected chi connectivity index (χ3v) is 4.22. The largest absolute Gasteiger partial charge is 0.381 e. The van der Waals surface area contributed by atoms with Crippen LogP contribution in [0.1, 0.15) is 12.1 Å². The molecule has 1 aromatic heterocycles. The van der Waals surface area contributed by atoms with Crippen molar-refractivity contribution < 1.29 is 4.74 Å². The standard InChI is InChI=1S/C18H25N5O/c1-19-18(22(2)13-15-9-11-24-14-15)20-12-16-8-10-23(21-16)17-6-4-3-5-7-17/h3-8,10,15H,9,11-14H2,1-2H3,(H,19,20). The maximum Gasteiger partial charge on any atom is 0.193 e. The van der Waals surface area contributed by atoms with Crippen LogP contribution in [0.4, 0.5) is 0 Å². The van der Waals surface area contributed by atoms with E-state index in [0.717, 1.165) is 43.5 Å². The fourth-order valence-electron chi connectivity index (χ4n) is 2.94. The summed E-state index contributed by atoms with van der Waals surface area (Å²) in [5, 5.41) is 7.99. The Hall–Kier alpha value is -2.34. The zero-order valence-corrected chi connectivity index (χ0v) is 14.4. The Morgan fingerprint density at radius 2 is 2.21 bits per heavy atom. The van der Waals surface area contributed by atoms with Crippen LogP contribution in [0.25, 0.3) is 5.69 Å². The number of aromatic nitrogens is 2. The fourth-order valence-corrected chi connectivity index (χ4v) is 2.94. The molecule has 1 aromatic carbocycles. The molecule has 0 spiro atoms. The van der Waals surface area contributed by atoms with Gasteiger partial charge in [0.15, 0.2) is 5.96 Å². The number of rotatable bonds is 5. The van der Waals surface area contributed by atoms with Crippen molar-refractivity contribution in [2.45, 2.75) is 13.0 Å². The summed E-state index contributed by atoms with van der Waals surface area (Å²) in [6.45, 7) is 3.33. The molecule has 128 valence electrons. The summed E-state index contributed by atoms with van der Waals surface area (Å²) in [6, 6.07) is 12.1. The molecule has 1 aliphatic heterocycles. The first-order valence-corrected chi connectivity index (χ1v) is 8.36. The minimum absolute atomic E-state index is 0.589. The van der Waals surface area contributed by atoms with Gasteiger partial charge in [-0.3, -0.25) is 4.99 Å². The Morgan fingerprint density at radius 3 is 2.92 bits per heavy atom. The van der Waals surface area contributed by atoms with Crippen LogP contribution in [0.3, 0.4) is 0 Å². The number of hydrogen-bond donors (Lipinski definition) is 1. The van der Waals surface area contributed by atoms with Gasteiger partial charge in [0, 0.05) is 39.4 Å². The molecule has 0 saturated carbocycles. The van der Waals surface area contributed by atoms with Gasteiger partial charge in [-0.15, -0.1) is 0 Å². The first-order chi connectivity index (χ1) is 11.8. The monoisotopic (exact) mass is 327 g/mol. The van der Waals surface area contributed by atoms with Gasteiger partial charge >= 0.3 is 0 Å². The minimum atomic E-state index is 0.589. The number of ether oxygens (including phenoxy) is 1. The number of aliphatic imine (C=N–C) groups is 1. The van der Waals surface area contributed by atoms with Gasteiger partial charge in [0.1, 0.15) is 0 Å². The van der Waals surface area contributed by atoms with E-state index in [1.165, 1.54) is 0 Å². The molecule has 1 saturated heterocycles. The average molecular weight is 327 g/mol. The second kappa shape index (κ2) is 7.97. The predicted molar refractivity (Wildman–Crippen MR) is 95.3 cm³/mol. The third-order valence-electron chi connectivity index (χ3n) is 4.22. The Balaban J connectivity index is 1.55. The zero-order valence-electron chi connectivity index (χ0n) is 14.4. The molecule has 1 aliphatic rings. The molecule has 2 heterocycles. The number of guanidine groups is 1. The molecule has 1 atom stereocenters. The molecular formula is C18H25N5O. The highest BCUT2D eigenvalue weighted by atomic mass is 16.5. The van der Waals surface area contributed by atoms with E-state index in [-0.39, 0.29) is 0 Å². The van der Waals surface area contributed by atoms with Crippen molar-refractivity contribution in [3.8, 4) is 5.69 Å². The highest BCUT2D eigenvalue weighted by Crippen LogP contribution is 2.13. The highest BCUT2D eigenvalue weighted by molar-refractivity contribution is 5.79. The fraction of sp³-hybridized carbons (Fsp3) is 0.444. The quantitative estimate of drug-likeness (QED) is 0.673. The van der Waals surface area contributed by atoms with Crippen molar-refractivity contribution >= 4 is 5.96 Å². The topological polar surface area (TPSA) is 54.7 Å². The maximum absolute atomic E-state index is 5.45. The summed E-state index contributed by atoms with van der Waals surface area (Å²) in [5.74, 6) is 1.47. The molecule has 1 fully saturated rings. The maximum atomic E-state index is 5.45. The lowest BCUT2D eigenvalue weighted by Gasteiger charge is -2.24. The van der Waals surface area contributed by atoms with E-state index in [4.69, 9.17) is 4.74 Å². The second-order valence-electron chi connectivity index (χ2n) is 6.10. The van der Waals surface area contributed by atoms with Gasteiger partial charge in [-0.2, -0.15) is 5.10 Å². The van der Waals surface area contributed by atoms with Crippen LogP contribution >= 0.6 is 0 Å². The number of nitrogens with one attached hydrogen (secondary N) is 1. The van der Waals surface area contributed by atoms with E-state index in [2.05, 4.69) is 27.4 Å². The van der Waals surface area contributed by atoms with Crippen LogP contribution < -0.4 is 5.32 Å². The molecule has 0 amide bonds. The van der Waals surface area contributed by atoms with Crippen molar-refractivity contribution in [1.82, 2.24) is 20.0 Å². The van der Waals surface area contributed by atoms with E-state index in [1.54, 1.807) is 0 Å². The van der Waals surface area contributed by atoms with Crippen LogP contribution in [-0.4, -0.2) is 54.5 Å². The molecule has 24 heavy (non-hydrogen) atoms. The van der Waals surface area contributed by atoms with Crippen molar-refractivity contribution in [3.63, 3.8) is 0 Å². The minimum Gasteiger partial charge on any atom is -0.381 e. The van der Waals surface area contributed by atoms with Gasteiger partial charge in [0.05, 0.1) is 24.5 Å². The summed E-state index contributed by atoms with van der Waals surface area (Å²) >= 11 is 0. The van der Waals surface area contributed by atoms with Crippen LogP contribution in [0.15, 0.2) is 47.6 Å². The van der Waals surface area contributed by atoms with E-state index in [1.807, 2.05) is 54.3 Å². The van der Waals surface area contributed by atoms with Crippen molar-refractivity contribution in [1.29, 1.82) is 0 Å². The number of nitrogens with zero attached hydrogens (tertiary/aromatic N) is 4. The Bertz CT molecular complexity index is 661. The highest BCUT2D eigenvalue weighted by Gasteiger charge is 2.19. The van der Waals surface area contributed by atoms with Crippen molar-refractivity contribution in [3.05, 3.63) is 48.3 Å². The molecule has 2 aromatic rings. The van der Waals surface area contributed by atoms with Gasteiger partial charge in [-0.1, -0.05) is 18.2 Å². The number of para-hydroxylation sites is 1. The molecule has 0 radical (unpaired) electrons. The molecule has 6 heteroatoms. The first-order valence-electron chi connectivity index (χ1n) is 8.36. The second-order valence-corrected chi connectivity index (χ2v) is 6.10. The molecule has 0 aliphatic carbocycles. The average Bonchev–Trinajstić information content (AvgIpc) is 3.28. The van der Waals surface area contributed by atoms with Gasteiger partial charge in [0.2, 0.25) is 0 Å². The molecule has 3 rings (SSSR count). The first kappa shape index (κ1) is 16.5. The molecule has 6 nitrogen and oxygen atoms in total. The summed E-state index contributed by atoms with van der Waals surface area (Å²) < 4.78 is 7.33. The summed E-state index contributed by atoms with van der Waals surface area (Å²) in [7, 11) is 3.88. The van der Waals surface area contributed by atoms with Gasteiger partial charge < -0.3 is 15.0 Å². The molecule has 1 unspecified atom stereocenters. The van der Waals surface area contributed by atoms with Crippen LogP contribution in [0, 0.1) is 5.92 Å². The van der Waals surface area contributed by atoms with Gasteiger partial charge in [0.25, 0.3) is 0 Å². The smallest absolute Gasteiger partial charge is 0.193 e. The van der Waals surface area contributed by atoms with Crippen molar-refractivity contribution in [2.75, 3.05) is 33.9 Å². The number of benzene rings is 1. The lowest BCUT2D eigenvalue weighted by atomic mass is 10.1.